The van der Waals surface area contributed by atoms with E-state index in [1.807, 2.05) is 30.3 Å². The van der Waals surface area contributed by atoms with Crippen LogP contribution in [0.15, 0.2) is 60.8 Å². The molecular formula is C16H11ClN2O. The van der Waals surface area contributed by atoms with Crippen LogP contribution in [-0.2, 0) is 0 Å². The third-order valence-corrected chi connectivity index (χ3v) is 3.17. The first kappa shape index (κ1) is 12.6. The maximum atomic E-state index is 12.2. The summed E-state index contributed by atoms with van der Waals surface area (Å²) in [5, 5.41) is 4.32. The van der Waals surface area contributed by atoms with Crippen molar-refractivity contribution in [3.8, 4) is 0 Å². The van der Waals surface area contributed by atoms with Crippen LogP contribution in [0.3, 0.4) is 0 Å². The molecule has 20 heavy (non-hydrogen) atoms. The van der Waals surface area contributed by atoms with Gasteiger partial charge in [-0.2, -0.15) is 0 Å². The summed E-state index contributed by atoms with van der Waals surface area (Å²) >= 11 is 5.89. The molecule has 3 nitrogen and oxygen atoms in total. The van der Waals surface area contributed by atoms with Gasteiger partial charge >= 0.3 is 0 Å². The number of amides is 1. The molecule has 4 heteroatoms. The lowest BCUT2D eigenvalue weighted by atomic mass is 10.1. The number of carbonyl (C=O) groups excluding carboxylic acids is 1. The number of hydrogen-bond donors (Lipinski definition) is 1. The Labute approximate surface area is 121 Å². The fraction of sp³-hybridized carbons (Fsp3) is 0. The molecule has 3 rings (SSSR count). The maximum absolute atomic E-state index is 12.2. The van der Waals surface area contributed by atoms with Crippen molar-refractivity contribution in [2.75, 3.05) is 5.32 Å². The first-order chi connectivity index (χ1) is 9.72. The first-order valence-corrected chi connectivity index (χ1v) is 6.52. The van der Waals surface area contributed by atoms with Crippen molar-refractivity contribution in [3.05, 3.63) is 71.4 Å². The van der Waals surface area contributed by atoms with Crippen LogP contribution in [0.4, 0.5) is 5.69 Å². The summed E-state index contributed by atoms with van der Waals surface area (Å²) in [5.41, 5.74) is 2.05. The van der Waals surface area contributed by atoms with Crippen LogP contribution in [0.1, 0.15) is 10.4 Å². The normalized spacial score (nSPS) is 10.4. The number of rotatable bonds is 2. The number of benzene rings is 2. The summed E-state index contributed by atoms with van der Waals surface area (Å²) in [4.78, 5) is 16.4. The van der Waals surface area contributed by atoms with Gasteiger partial charge in [0.05, 0.1) is 11.1 Å². The Morgan fingerprint density at radius 1 is 1.05 bits per heavy atom. The van der Waals surface area contributed by atoms with Crippen molar-refractivity contribution in [2.24, 2.45) is 0 Å². The highest BCUT2D eigenvalue weighted by molar-refractivity contribution is 6.31. The SMILES string of the molecule is O=C(Nc1cccc(Cl)c1)c1cnc2ccccc2c1. The van der Waals surface area contributed by atoms with E-state index in [9.17, 15) is 4.79 Å². The molecule has 3 aromatic rings. The fourth-order valence-electron chi connectivity index (χ4n) is 1.96. The fourth-order valence-corrected chi connectivity index (χ4v) is 2.15. The van der Waals surface area contributed by atoms with Gasteiger partial charge in [0.15, 0.2) is 0 Å². The molecule has 0 aliphatic rings. The molecule has 1 amide bonds. The molecule has 0 saturated heterocycles. The molecular weight excluding hydrogens is 272 g/mol. The Bertz CT molecular complexity index is 786. The van der Waals surface area contributed by atoms with Crippen molar-refractivity contribution in [1.29, 1.82) is 0 Å². The van der Waals surface area contributed by atoms with Crippen molar-refractivity contribution in [2.45, 2.75) is 0 Å². The lowest BCUT2D eigenvalue weighted by Crippen LogP contribution is -2.12. The Morgan fingerprint density at radius 2 is 1.90 bits per heavy atom. The predicted octanol–water partition coefficient (Wildman–Crippen LogP) is 4.14. The number of pyridine rings is 1. The van der Waals surface area contributed by atoms with Crippen LogP contribution >= 0.6 is 11.6 Å². The van der Waals surface area contributed by atoms with Crippen LogP contribution in [0.5, 0.6) is 0 Å². The molecule has 0 radical (unpaired) electrons. The van der Waals surface area contributed by atoms with Gasteiger partial charge in [0, 0.05) is 22.3 Å². The largest absolute Gasteiger partial charge is 0.322 e. The van der Waals surface area contributed by atoms with Crippen LogP contribution in [0.25, 0.3) is 10.9 Å². The number of anilines is 1. The number of aromatic nitrogens is 1. The smallest absolute Gasteiger partial charge is 0.257 e. The second-order valence-corrected chi connectivity index (χ2v) is 4.82. The van der Waals surface area contributed by atoms with Gasteiger partial charge in [0.1, 0.15) is 0 Å². The minimum absolute atomic E-state index is 0.203. The number of carbonyl (C=O) groups is 1. The van der Waals surface area contributed by atoms with E-state index >= 15 is 0 Å². The Hall–Kier alpha value is -2.39. The number of nitrogens with zero attached hydrogens (tertiary/aromatic N) is 1. The predicted molar refractivity (Wildman–Crippen MR) is 81.1 cm³/mol. The summed E-state index contributed by atoms with van der Waals surface area (Å²) in [6.45, 7) is 0. The molecule has 0 spiro atoms. The van der Waals surface area contributed by atoms with Crippen LogP contribution in [0.2, 0.25) is 5.02 Å². The zero-order valence-electron chi connectivity index (χ0n) is 10.5. The summed E-state index contributed by atoms with van der Waals surface area (Å²) in [6, 6.07) is 16.5. The highest BCUT2D eigenvalue weighted by Crippen LogP contribution is 2.17. The molecule has 0 saturated carbocycles. The van der Waals surface area contributed by atoms with E-state index in [4.69, 9.17) is 11.6 Å². The van der Waals surface area contributed by atoms with Crippen LogP contribution in [-0.4, -0.2) is 10.9 Å². The van der Waals surface area contributed by atoms with Gasteiger partial charge in [0.2, 0.25) is 0 Å². The van der Waals surface area contributed by atoms with Gasteiger partial charge in [-0.1, -0.05) is 35.9 Å². The second kappa shape index (κ2) is 5.31. The molecule has 1 N–H and O–H groups in total. The molecule has 0 bridgehead atoms. The van der Waals surface area contributed by atoms with Crippen LogP contribution < -0.4 is 5.32 Å². The molecule has 2 aromatic carbocycles. The monoisotopic (exact) mass is 282 g/mol. The van der Waals surface area contributed by atoms with Crippen molar-refractivity contribution in [3.63, 3.8) is 0 Å². The summed E-state index contributed by atoms with van der Waals surface area (Å²) in [5.74, 6) is -0.203. The minimum atomic E-state index is -0.203. The molecule has 1 heterocycles. The Morgan fingerprint density at radius 3 is 2.75 bits per heavy atom. The highest BCUT2D eigenvalue weighted by Gasteiger charge is 2.07. The minimum Gasteiger partial charge on any atom is -0.322 e. The third-order valence-electron chi connectivity index (χ3n) is 2.94. The molecule has 98 valence electrons. The van der Waals surface area contributed by atoms with Gasteiger partial charge in [-0.15, -0.1) is 0 Å². The second-order valence-electron chi connectivity index (χ2n) is 4.38. The van der Waals surface area contributed by atoms with E-state index in [2.05, 4.69) is 10.3 Å². The third kappa shape index (κ3) is 2.63. The van der Waals surface area contributed by atoms with Gasteiger partial charge in [-0.3, -0.25) is 9.78 Å². The first-order valence-electron chi connectivity index (χ1n) is 6.14. The molecule has 0 aliphatic heterocycles. The number of halogens is 1. The molecule has 0 aliphatic carbocycles. The lowest BCUT2D eigenvalue weighted by molar-refractivity contribution is 0.102. The summed E-state index contributed by atoms with van der Waals surface area (Å²) in [6.07, 6.45) is 1.57. The lowest BCUT2D eigenvalue weighted by Gasteiger charge is -2.06. The maximum Gasteiger partial charge on any atom is 0.257 e. The van der Waals surface area contributed by atoms with E-state index < -0.39 is 0 Å². The summed E-state index contributed by atoms with van der Waals surface area (Å²) in [7, 11) is 0. The molecule has 0 fully saturated rings. The summed E-state index contributed by atoms with van der Waals surface area (Å²) < 4.78 is 0. The molecule has 0 unspecified atom stereocenters. The van der Waals surface area contributed by atoms with Gasteiger partial charge in [-0.25, -0.2) is 0 Å². The quantitative estimate of drug-likeness (QED) is 0.767. The topological polar surface area (TPSA) is 42.0 Å². The van der Waals surface area contributed by atoms with E-state index in [0.29, 0.717) is 16.3 Å². The van der Waals surface area contributed by atoms with Crippen LogP contribution in [0, 0.1) is 0 Å². The van der Waals surface area contributed by atoms with Gasteiger partial charge in [-0.05, 0) is 30.3 Å². The van der Waals surface area contributed by atoms with E-state index in [-0.39, 0.29) is 5.91 Å². The average molecular weight is 283 g/mol. The van der Waals surface area contributed by atoms with Crippen molar-refractivity contribution >= 4 is 34.1 Å². The van der Waals surface area contributed by atoms with E-state index in [0.717, 1.165) is 10.9 Å². The number of nitrogens with one attached hydrogen (secondary N) is 1. The average Bonchev–Trinajstić information content (AvgIpc) is 2.47. The Kier molecular flexibility index (Phi) is 3.35. The zero-order chi connectivity index (χ0) is 13.9. The van der Waals surface area contributed by atoms with Crippen molar-refractivity contribution in [1.82, 2.24) is 4.98 Å². The number of hydrogen-bond acceptors (Lipinski definition) is 2. The van der Waals surface area contributed by atoms with Gasteiger partial charge < -0.3 is 5.32 Å². The Balaban J connectivity index is 1.88. The highest BCUT2D eigenvalue weighted by atomic mass is 35.5. The standard InChI is InChI=1S/C16H11ClN2O/c17-13-5-3-6-14(9-13)19-16(20)12-8-11-4-1-2-7-15(11)18-10-12/h1-10H,(H,19,20). The zero-order valence-corrected chi connectivity index (χ0v) is 11.3. The molecule has 1 aromatic heterocycles. The number of fused-ring (bicyclic) bond motifs is 1. The molecule has 0 atom stereocenters. The van der Waals surface area contributed by atoms with Gasteiger partial charge in [0.25, 0.3) is 5.91 Å². The number of para-hydroxylation sites is 1. The van der Waals surface area contributed by atoms with Crippen molar-refractivity contribution < 1.29 is 4.79 Å². The van der Waals surface area contributed by atoms with E-state index in [1.165, 1.54) is 0 Å². The van der Waals surface area contributed by atoms with E-state index in [1.54, 1.807) is 30.5 Å².